The minimum Gasteiger partial charge on any atom is -0.507 e. The fourth-order valence-electron chi connectivity index (χ4n) is 5.75. The maximum absolute atomic E-state index is 14.2. The number of para-hydroxylation sites is 2. The van der Waals surface area contributed by atoms with Crippen LogP contribution in [-0.4, -0.2) is 48.6 Å². The second-order valence-electron chi connectivity index (χ2n) is 10.8. The summed E-state index contributed by atoms with van der Waals surface area (Å²) in [5.74, 6) is 0.0206. The van der Waals surface area contributed by atoms with E-state index in [1.165, 1.54) is 14.2 Å². The van der Waals surface area contributed by atoms with Crippen molar-refractivity contribution in [3.05, 3.63) is 117 Å². The van der Waals surface area contributed by atoms with Crippen molar-refractivity contribution in [1.82, 2.24) is 9.55 Å². The molecule has 9 heteroatoms. The molecule has 2 heterocycles. The number of carbonyl (C=O) groups excluding carboxylic acids is 1. The molecular weight excluding hydrogens is 572 g/mol. The molecule has 0 aliphatic rings. The van der Waals surface area contributed by atoms with Crippen molar-refractivity contribution in [2.24, 2.45) is 0 Å². The first kappa shape index (κ1) is 31.3. The van der Waals surface area contributed by atoms with Gasteiger partial charge in [-0.1, -0.05) is 42.5 Å². The number of carbonyl (C=O) groups is 1. The van der Waals surface area contributed by atoms with Crippen molar-refractivity contribution < 1.29 is 28.8 Å². The monoisotopic (exact) mass is 610 g/mol. The molecule has 0 aliphatic heterocycles. The number of aromatic hydroxyl groups is 1. The first-order chi connectivity index (χ1) is 21.8. The summed E-state index contributed by atoms with van der Waals surface area (Å²) < 4.78 is 23.9. The SMILES string of the molecule is COC(=O)CC(c1cccc(OC)c1OCCc1ccc(OC)cc1)c1c(O)cc(C)n(CCc2c[nH]c3ccccc23)c1=O. The normalized spacial score (nSPS) is 11.7. The highest BCUT2D eigenvalue weighted by Crippen LogP contribution is 2.42. The summed E-state index contributed by atoms with van der Waals surface area (Å²) in [4.78, 5) is 30.2. The van der Waals surface area contributed by atoms with Crippen molar-refractivity contribution in [2.75, 3.05) is 27.9 Å². The number of benzene rings is 3. The van der Waals surface area contributed by atoms with Crippen LogP contribution in [0.2, 0.25) is 0 Å². The van der Waals surface area contributed by atoms with Crippen LogP contribution in [0, 0.1) is 6.92 Å². The molecule has 5 aromatic rings. The Morgan fingerprint density at radius 2 is 1.73 bits per heavy atom. The van der Waals surface area contributed by atoms with E-state index in [9.17, 15) is 14.7 Å². The number of pyridine rings is 1. The minimum absolute atomic E-state index is 0.0955. The summed E-state index contributed by atoms with van der Waals surface area (Å²) >= 11 is 0. The van der Waals surface area contributed by atoms with Crippen LogP contribution in [0.25, 0.3) is 10.9 Å². The molecule has 1 unspecified atom stereocenters. The van der Waals surface area contributed by atoms with Crippen molar-refractivity contribution in [2.45, 2.75) is 38.6 Å². The van der Waals surface area contributed by atoms with Crippen molar-refractivity contribution in [1.29, 1.82) is 0 Å². The molecular formula is C36H38N2O7. The smallest absolute Gasteiger partial charge is 0.306 e. The maximum Gasteiger partial charge on any atom is 0.306 e. The number of aromatic nitrogens is 2. The van der Waals surface area contributed by atoms with E-state index >= 15 is 0 Å². The Labute approximate surface area is 262 Å². The molecule has 5 rings (SSSR count). The minimum atomic E-state index is -0.865. The van der Waals surface area contributed by atoms with E-state index in [4.69, 9.17) is 18.9 Å². The molecule has 0 aliphatic carbocycles. The van der Waals surface area contributed by atoms with Gasteiger partial charge >= 0.3 is 5.97 Å². The maximum atomic E-state index is 14.2. The van der Waals surface area contributed by atoms with Gasteiger partial charge in [0.25, 0.3) is 5.56 Å². The van der Waals surface area contributed by atoms with Gasteiger partial charge in [-0.2, -0.15) is 0 Å². The van der Waals surface area contributed by atoms with E-state index in [2.05, 4.69) is 4.98 Å². The zero-order valence-electron chi connectivity index (χ0n) is 26.0. The first-order valence-corrected chi connectivity index (χ1v) is 14.8. The van der Waals surface area contributed by atoms with Crippen LogP contribution >= 0.6 is 0 Å². The molecule has 0 saturated carbocycles. The zero-order valence-corrected chi connectivity index (χ0v) is 26.0. The number of nitrogens with one attached hydrogen (secondary N) is 1. The Morgan fingerprint density at radius 1 is 0.956 bits per heavy atom. The molecule has 2 N–H and O–H groups in total. The number of ether oxygens (including phenoxy) is 4. The van der Waals surface area contributed by atoms with Crippen LogP contribution in [0.5, 0.6) is 23.0 Å². The average Bonchev–Trinajstić information content (AvgIpc) is 3.47. The molecule has 0 amide bonds. The van der Waals surface area contributed by atoms with Gasteiger partial charge in [0.2, 0.25) is 0 Å². The van der Waals surface area contributed by atoms with E-state index in [0.717, 1.165) is 27.8 Å². The Balaban J connectivity index is 1.51. The average molecular weight is 611 g/mol. The number of esters is 1. The highest BCUT2D eigenvalue weighted by Gasteiger charge is 2.30. The Bertz CT molecular complexity index is 1840. The third-order valence-electron chi connectivity index (χ3n) is 8.15. The summed E-state index contributed by atoms with van der Waals surface area (Å²) in [6, 6.07) is 22.6. The Hall–Kier alpha value is -5.18. The predicted molar refractivity (Wildman–Crippen MR) is 173 cm³/mol. The lowest BCUT2D eigenvalue weighted by atomic mass is 9.87. The summed E-state index contributed by atoms with van der Waals surface area (Å²) in [6.45, 7) is 2.47. The van der Waals surface area contributed by atoms with E-state index in [1.54, 1.807) is 42.9 Å². The standard InChI is InChI=1S/C36H38N2O7/c1-23-20-31(39)34(36(41)38(23)18-16-25-22-37-30-10-6-5-8-27(25)30)29(21-33(40)44-4)28-9-7-11-32(43-3)35(28)45-19-17-24-12-14-26(42-2)15-13-24/h5-15,20,22,29,37,39H,16-19,21H2,1-4H3. The van der Waals surface area contributed by atoms with Crippen LogP contribution in [-0.2, 0) is 28.9 Å². The number of hydrogen-bond donors (Lipinski definition) is 2. The molecule has 9 nitrogen and oxygen atoms in total. The predicted octanol–water partition coefficient (Wildman–Crippen LogP) is 5.92. The van der Waals surface area contributed by atoms with Gasteiger partial charge in [-0.05, 0) is 54.8 Å². The summed E-state index contributed by atoms with van der Waals surface area (Å²) in [7, 11) is 4.45. The zero-order chi connectivity index (χ0) is 31.9. The topological polar surface area (TPSA) is 112 Å². The number of H-pyrrole nitrogens is 1. The molecule has 0 fully saturated rings. The van der Waals surface area contributed by atoms with Crippen molar-refractivity contribution >= 4 is 16.9 Å². The van der Waals surface area contributed by atoms with Gasteiger partial charge in [0.05, 0.1) is 39.9 Å². The fraction of sp³-hybridized carbons (Fsp3) is 0.278. The lowest BCUT2D eigenvalue weighted by Gasteiger charge is -2.23. The van der Waals surface area contributed by atoms with Crippen LogP contribution in [0.4, 0.5) is 0 Å². The third-order valence-corrected chi connectivity index (χ3v) is 8.15. The molecule has 45 heavy (non-hydrogen) atoms. The van der Waals surface area contributed by atoms with Crippen LogP contribution in [0.15, 0.2) is 83.8 Å². The quantitative estimate of drug-likeness (QED) is 0.159. The van der Waals surface area contributed by atoms with Crippen molar-refractivity contribution in [3.8, 4) is 23.0 Å². The number of nitrogens with zero attached hydrogens (tertiary/aromatic N) is 1. The molecule has 3 aromatic carbocycles. The van der Waals surface area contributed by atoms with Crippen LogP contribution in [0.1, 0.15) is 40.3 Å². The lowest BCUT2D eigenvalue weighted by Crippen LogP contribution is -2.29. The largest absolute Gasteiger partial charge is 0.507 e. The molecule has 0 spiro atoms. The van der Waals surface area contributed by atoms with Gasteiger partial charge in [0.15, 0.2) is 11.5 Å². The van der Waals surface area contributed by atoms with E-state index < -0.39 is 11.9 Å². The van der Waals surface area contributed by atoms with Gasteiger partial charge in [-0.25, -0.2) is 0 Å². The summed E-state index contributed by atoms with van der Waals surface area (Å²) in [5, 5.41) is 12.3. The van der Waals surface area contributed by atoms with Gasteiger partial charge in [-0.3, -0.25) is 9.59 Å². The molecule has 1 atom stereocenters. The van der Waals surface area contributed by atoms with Gasteiger partial charge < -0.3 is 33.6 Å². The second-order valence-corrected chi connectivity index (χ2v) is 10.8. The van der Waals surface area contributed by atoms with Crippen LogP contribution in [0.3, 0.4) is 0 Å². The Kier molecular flexibility index (Phi) is 9.77. The van der Waals surface area contributed by atoms with E-state index in [0.29, 0.717) is 48.7 Å². The summed E-state index contributed by atoms with van der Waals surface area (Å²) in [5.41, 5.74) is 4.02. The molecule has 0 bridgehead atoms. The highest BCUT2D eigenvalue weighted by atomic mass is 16.5. The number of hydrogen-bond acceptors (Lipinski definition) is 7. The first-order valence-electron chi connectivity index (χ1n) is 14.8. The Morgan fingerprint density at radius 3 is 2.47 bits per heavy atom. The second kappa shape index (κ2) is 14.1. The van der Waals surface area contributed by atoms with E-state index in [1.807, 2.05) is 54.7 Å². The highest BCUT2D eigenvalue weighted by molar-refractivity contribution is 5.83. The molecule has 0 saturated heterocycles. The van der Waals surface area contributed by atoms with Crippen LogP contribution < -0.4 is 19.8 Å². The number of fused-ring (bicyclic) bond motifs is 1. The molecule has 234 valence electrons. The lowest BCUT2D eigenvalue weighted by molar-refractivity contribution is -0.140. The molecule has 2 aromatic heterocycles. The third kappa shape index (κ3) is 6.82. The number of aryl methyl sites for hydroxylation is 2. The summed E-state index contributed by atoms with van der Waals surface area (Å²) in [6.07, 6.45) is 2.96. The fourth-order valence-corrected chi connectivity index (χ4v) is 5.75. The van der Waals surface area contributed by atoms with Gasteiger partial charge in [0, 0.05) is 47.2 Å². The van der Waals surface area contributed by atoms with Crippen molar-refractivity contribution in [3.63, 3.8) is 0 Å². The van der Waals surface area contributed by atoms with Gasteiger partial charge in [0.1, 0.15) is 11.5 Å². The van der Waals surface area contributed by atoms with E-state index in [-0.39, 0.29) is 23.3 Å². The molecule has 0 radical (unpaired) electrons. The van der Waals surface area contributed by atoms with Gasteiger partial charge in [-0.15, -0.1) is 0 Å². The number of aromatic amines is 1. The number of methoxy groups -OCH3 is 3. The number of rotatable bonds is 13.